The molecule has 0 spiro atoms. The van der Waals surface area contributed by atoms with Crippen LogP contribution in [-0.2, 0) is 0 Å². The first-order valence-electron chi connectivity index (χ1n) is 28.9. The molecule has 0 aliphatic heterocycles. The molecule has 0 N–H and O–H groups in total. The second-order valence-electron chi connectivity index (χ2n) is 17.6. The van der Waals surface area contributed by atoms with E-state index in [1.54, 1.807) is 82.6 Å². The van der Waals surface area contributed by atoms with Crippen molar-refractivity contribution in [1.29, 1.82) is 10.5 Å². The van der Waals surface area contributed by atoms with Gasteiger partial charge in [-0.1, -0.05) is 127 Å². The Morgan fingerprint density at radius 1 is 0.333 bits per heavy atom. The molecule has 75 heavy (non-hydrogen) atoms. The first kappa shape index (κ1) is 34.7. The third-order valence-corrected chi connectivity index (χ3v) is 13.3. The van der Waals surface area contributed by atoms with E-state index in [2.05, 4.69) is 29.2 Å². The number of anilines is 9. The Morgan fingerprint density at radius 3 is 1.11 bits per heavy atom. The average Bonchev–Trinajstić information content (AvgIpc) is 3.61. The Kier molecular flexibility index (Phi) is 8.72. The molecule has 0 fully saturated rings. The molecule has 0 saturated carbocycles. The van der Waals surface area contributed by atoms with E-state index in [9.17, 15) is 10.5 Å². The van der Waals surface area contributed by atoms with Crippen molar-refractivity contribution in [2.24, 2.45) is 0 Å². The van der Waals surface area contributed by atoms with Crippen LogP contribution in [0.25, 0.3) is 66.1 Å². The number of hydrogen-bond donors (Lipinski definition) is 0. The lowest BCUT2D eigenvalue weighted by atomic mass is 9.99. The summed E-state index contributed by atoms with van der Waals surface area (Å²) in [4.78, 5) is 5.40. The van der Waals surface area contributed by atoms with Crippen LogP contribution >= 0.6 is 0 Å². The van der Waals surface area contributed by atoms with Gasteiger partial charge in [0.1, 0.15) is 23.3 Å². The van der Waals surface area contributed by atoms with E-state index in [0.29, 0.717) is 55.5 Å². The third-order valence-electron chi connectivity index (χ3n) is 13.3. The summed E-state index contributed by atoms with van der Waals surface area (Å²) in [7, 11) is 0. The summed E-state index contributed by atoms with van der Waals surface area (Å²) in [6, 6.07) is 62.3. The predicted molar refractivity (Wildman–Crippen MR) is 305 cm³/mol. The second-order valence-corrected chi connectivity index (χ2v) is 17.6. The molecule has 11 aromatic carbocycles. The number of furan rings is 2. The van der Waals surface area contributed by atoms with E-state index in [-0.39, 0.29) is 33.7 Å². The lowest BCUT2D eigenvalue weighted by molar-refractivity contribution is 0.667. The standard InChI is InChI=1S/C68H43N5O2/c69-44-50-32-36-61(72(53-22-8-2-9-23-53)54-24-10-3-11-25-54)65-59-42-48(34-38-63(59)74-67(50)65)46-18-16-30-57(40-46)71(52-20-6-1-7-21-52)58-31-17-19-47(41-58)49-35-39-64-60(43-49)66-62(37-33-51(45-70)68(66)75-64)73(55-26-12-4-13-27-55)56-28-14-5-15-29-56/h1-43H/i2D,4D,8D,9D,12D,13D,22D,23D,26D,27D. The Hall–Kier alpha value is -10.6. The van der Waals surface area contributed by atoms with Crippen molar-refractivity contribution in [3.63, 3.8) is 0 Å². The molecule has 352 valence electrons. The first-order valence-corrected chi connectivity index (χ1v) is 23.9. The number of nitriles is 2. The summed E-state index contributed by atoms with van der Waals surface area (Å²) in [5.41, 5.74) is 9.60. The number of para-hydroxylation sites is 5. The average molecular weight is 972 g/mol. The zero-order valence-corrected chi connectivity index (χ0v) is 39.6. The molecule has 0 unspecified atom stereocenters. The van der Waals surface area contributed by atoms with Crippen LogP contribution in [0.2, 0.25) is 0 Å². The van der Waals surface area contributed by atoms with Gasteiger partial charge in [-0.25, -0.2) is 0 Å². The molecule has 13 rings (SSSR count). The van der Waals surface area contributed by atoms with E-state index in [1.807, 2.05) is 115 Å². The Bertz CT molecular complexity index is 4610. The molecular formula is C68H43N5O2. The van der Waals surface area contributed by atoms with Crippen LogP contribution in [0.15, 0.2) is 269 Å². The quantitative estimate of drug-likeness (QED) is 0.128. The van der Waals surface area contributed by atoms with Gasteiger partial charge in [-0.2, -0.15) is 10.5 Å². The van der Waals surface area contributed by atoms with Crippen LogP contribution in [0, 0.1) is 22.7 Å². The summed E-state index contributed by atoms with van der Waals surface area (Å²) < 4.78 is 101. The van der Waals surface area contributed by atoms with Gasteiger partial charge < -0.3 is 23.5 Å². The molecule has 0 saturated heterocycles. The minimum absolute atomic E-state index is 0.0639. The lowest BCUT2D eigenvalue weighted by Gasteiger charge is -2.26. The van der Waals surface area contributed by atoms with Crippen molar-refractivity contribution >= 4 is 95.1 Å². The fraction of sp³-hybridized carbons (Fsp3) is 0. The SMILES string of the molecule is [2H]c1c([2H])c([2H])c(N(c2ccccc2)c2ccc(C#N)c3oc4ccc(-c5cccc(N(c6ccccc6)c6cccc(-c7ccc8oc9c(C#N)ccc(N(c%10ccccc%10)c%10c([2H])c([2H])c([2H])c([2H])c%10[2H])c9c8c7)c6)c5)cc4c23)c([2H])c1[2H]. The van der Waals surface area contributed by atoms with Gasteiger partial charge in [-0.05, 0) is 156 Å². The normalized spacial score (nSPS) is 13.0. The predicted octanol–water partition coefficient (Wildman–Crippen LogP) is 19.0. The van der Waals surface area contributed by atoms with Crippen molar-refractivity contribution < 1.29 is 22.5 Å². The van der Waals surface area contributed by atoms with Crippen molar-refractivity contribution in [2.75, 3.05) is 14.7 Å². The highest BCUT2D eigenvalue weighted by Crippen LogP contribution is 2.47. The number of nitrogens with zero attached hydrogens (tertiary/aromatic N) is 5. The van der Waals surface area contributed by atoms with Gasteiger partial charge in [0.25, 0.3) is 0 Å². The monoisotopic (exact) mass is 971 g/mol. The van der Waals surface area contributed by atoms with Crippen molar-refractivity contribution in [1.82, 2.24) is 0 Å². The summed E-state index contributed by atoms with van der Waals surface area (Å²) in [6.45, 7) is 0. The molecule has 2 aromatic heterocycles. The lowest BCUT2D eigenvalue weighted by Crippen LogP contribution is -2.10. The van der Waals surface area contributed by atoms with Gasteiger partial charge in [0.15, 0.2) is 11.2 Å². The second kappa shape index (κ2) is 18.9. The zero-order chi connectivity index (χ0) is 58.9. The minimum Gasteiger partial charge on any atom is -0.455 e. The number of rotatable bonds is 11. The van der Waals surface area contributed by atoms with Crippen molar-refractivity contribution in [3.05, 3.63) is 272 Å². The van der Waals surface area contributed by atoms with Crippen LogP contribution in [0.4, 0.5) is 51.2 Å². The fourth-order valence-electron chi connectivity index (χ4n) is 9.95. The van der Waals surface area contributed by atoms with Gasteiger partial charge in [-0.15, -0.1) is 0 Å². The maximum Gasteiger partial charge on any atom is 0.155 e. The maximum atomic E-state index is 10.4. The van der Waals surface area contributed by atoms with Crippen molar-refractivity contribution in [3.8, 4) is 34.4 Å². The highest BCUT2D eigenvalue weighted by atomic mass is 16.3. The van der Waals surface area contributed by atoms with Crippen LogP contribution < -0.4 is 14.7 Å². The summed E-state index contributed by atoms with van der Waals surface area (Å²) >= 11 is 0. The Balaban J connectivity index is 0.943. The van der Waals surface area contributed by atoms with Crippen molar-refractivity contribution in [2.45, 2.75) is 0 Å². The maximum absolute atomic E-state index is 10.4. The summed E-state index contributed by atoms with van der Waals surface area (Å²) in [5, 5.41) is 23.1. The van der Waals surface area contributed by atoms with Crippen LogP contribution in [-0.4, -0.2) is 0 Å². The summed E-state index contributed by atoms with van der Waals surface area (Å²) in [5.74, 6) is 0. The first-order chi connectivity index (χ1) is 41.3. The number of fused-ring (bicyclic) bond motifs is 6. The molecule has 2 heterocycles. The molecule has 0 bridgehead atoms. The topological polar surface area (TPSA) is 83.6 Å². The van der Waals surface area contributed by atoms with Crippen LogP contribution in [0.1, 0.15) is 24.8 Å². The molecular weight excluding hydrogens is 919 g/mol. The molecule has 0 amide bonds. The zero-order valence-electron chi connectivity index (χ0n) is 49.6. The highest BCUT2D eigenvalue weighted by Gasteiger charge is 2.24. The highest BCUT2D eigenvalue weighted by molar-refractivity contribution is 6.17. The van der Waals surface area contributed by atoms with Gasteiger partial charge in [0.2, 0.25) is 0 Å². The molecule has 0 atom stereocenters. The van der Waals surface area contributed by atoms with Crippen LogP contribution in [0.5, 0.6) is 0 Å². The van der Waals surface area contributed by atoms with Gasteiger partial charge >= 0.3 is 0 Å². The molecule has 0 aliphatic rings. The van der Waals surface area contributed by atoms with Gasteiger partial charge in [0.05, 0.1) is 47.0 Å². The van der Waals surface area contributed by atoms with Gasteiger partial charge in [0, 0.05) is 50.6 Å². The largest absolute Gasteiger partial charge is 0.455 e. The molecule has 7 heteroatoms. The molecule has 0 aliphatic carbocycles. The fourth-order valence-corrected chi connectivity index (χ4v) is 9.95. The Morgan fingerprint density at radius 2 is 0.707 bits per heavy atom. The Labute approximate surface area is 447 Å². The van der Waals surface area contributed by atoms with E-state index in [0.717, 1.165) is 39.3 Å². The van der Waals surface area contributed by atoms with E-state index in [1.165, 1.54) is 0 Å². The molecule has 13 aromatic rings. The summed E-state index contributed by atoms with van der Waals surface area (Å²) in [6.07, 6.45) is 0. The van der Waals surface area contributed by atoms with E-state index < -0.39 is 60.4 Å². The molecule has 0 radical (unpaired) electrons. The minimum atomic E-state index is -0.518. The number of hydrogen-bond acceptors (Lipinski definition) is 7. The van der Waals surface area contributed by atoms with Crippen LogP contribution in [0.3, 0.4) is 0 Å². The van der Waals surface area contributed by atoms with Gasteiger partial charge in [-0.3, -0.25) is 0 Å². The van der Waals surface area contributed by atoms with E-state index >= 15 is 0 Å². The smallest absolute Gasteiger partial charge is 0.155 e. The van der Waals surface area contributed by atoms with E-state index in [4.69, 9.17) is 22.5 Å². The molecule has 7 nitrogen and oxygen atoms in total. The third kappa shape index (κ3) is 7.95. The number of benzene rings is 11.